The Morgan fingerprint density at radius 2 is 1.25 bits per heavy atom. The summed E-state index contributed by atoms with van der Waals surface area (Å²) in [6.45, 7) is 12.4. The van der Waals surface area contributed by atoms with Crippen LogP contribution in [0.5, 0.6) is 11.5 Å². The number of carbonyl (C=O) groups excluding carboxylic acids is 4. The highest BCUT2D eigenvalue weighted by molar-refractivity contribution is 7.89. The van der Waals surface area contributed by atoms with Gasteiger partial charge in [0.05, 0.1) is 34.8 Å². The number of piperidine rings is 1. The predicted molar refractivity (Wildman–Crippen MR) is 255 cm³/mol. The molecule has 4 amide bonds. The number of sulfonamides is 1. The van der Waals surface area contributed by atoms with E-state index in [1.54, 1.807) is 58.3 Å². The molecule has 2 aromatic carbocycles. The highest BCUT2D eigenvalue weighted by Gasteiger charge is 2.30. The molecule has 1 aliphatic rings. The minimum atomic E-state index is -3.36. The normalized spacial score (nSPS) is 13.6. The fraction of sp³-hybridized carbons (Fsp3) is 0.391. The van der Waals surface area contributed by atoms with Gasteiger partial charge in [0.1, 0.15) is 40.5 Å². The molecule has 6 N–H and O–H groups in total. The quantitative estimate of drug-likeness (QED) is 0.0739. The first-order valence-electron chi connectivity index (χ1n) is 22.1. The Morgan fingerprint density at radius 3 is 1.69 bits per heavy atom. The molecule has 21 nitrogen and oxygen atoms in total. The lowest BCUT2D eigenvalue weighted by atomic mass is 9.99. The number of benzene rings is 2. The van der Waals surface area contributed by atoms with E-state index in [9.17, 15) is 27.6 Å². The van der Waals surface area contributed by atoms with E-state index in [0.717, 1.165) is 0 Å². The lowest BCUT2D eigenvalue weighted by Crippen LogP contribution is -2.41. The zero-order valence-electron chi connectivity index (χ0n) is 39.0. The molecule has 7 rings (SSSR count). The Hall–Kier alpha value is -7.51. The predicted octanol–water partition coefficient (Wildman–Crippen LogP) is 4.24. The van der Waals surface area contributed by atoms with E-state index in [0.29, 0.717) is 89.6 Å². The molecule has 0 unspecified atom stereocenters. The van der Waals surface area contributed by atoms with Crippen LogP contribution in [-0.2, 0) is 36.2 Å². The van der Waals surface area contributed by atoms with E-state index in [1.807, 2.05) is 26.0 Å². The molecule has 0 spiro atoms. The maximum atomic E-state index is 13.9. The monoisotopic (exact) mass is 949 g/mol. The van der Waals surface area contributed by atoms with Crippen LogP contribution in [0.15, 0.2) is 48.6 Å². The van der Waals surface area contributed by atoms with Crippen LogP contribution in [0.25, 0.3) is 22.1 Å². The third-order valence-corrected chi connectivity index (χ3v) is 13.8. The molecular weight excluding hydrogens is 895 g/mol. The highest BCUT2D eigenvalue weighted by Crippen LogP contribution is 2.33. The molecule has 4 aromatic heterocycles. The van der Waals surface area contributed by atoms with E-state index in [2.05, 4.69) is 37.7 Å². The van der Waals surface area contributed by atoms with Crippen LogP contribution in [0.2, 0.25) is 0 Å². The average molecular weight is 950 g/mol. The second kappa shape index (κ2) is 20.2. The van der Waals surface area contributed by atoms with Crippen LogP contribution in [0, 0.1) is 31.6 Å². The van der Waals surface area contributed by atoms with Crippen molar-refractivity contribution in [3.05, 3.63) is 82.5 Å². The summed E-state index contributed by atoms with van der Waals surface area (Å²) in [5, 5.41) is 14.1. The number of imidazole rings is 2. The van der Waals surface area contributed by atoms with Crippen LogP contribution >= 0.6 is 0 Å². The van der Waals surface area contributed by atoms with Crippen molar-refractivity contribution in [1.29, 1.82) is 0 Å². The van der Waals surface area contributed by atoms with Crippen LogP contribution in [0.3, 0.4) is 0 Å². The number of hydrogen-bond donors (Lipinski definition) is 4. The van der Waals surface area contributed by atoms with Crippen molar-refractivity contribution in [3.8, 4) is 23.3 Å². The molecule has 0 saturated carbocycles. The molecule has 0 aliphatic carbocycles. The number of rotatable bonds is 17. The molecular formula is C46H55N13O8S. The first-order valence-corrected chi connectivity index (χ1v) is 23.6. The molecule has 68 heavy (non-hydrogen) atoms. The standard InChI is InChI=1S/C46H55N13O8S/c1-8-58-35(21-28(5)53-58)43(62)51-45-49-33-23-31(41(47)60)25-37(66-7)39(33)56(45)16-10-11-17-57-40-34(50-46(57)52-44(63)36-22-29(6)54-59(36)9-2)24-32(42(48)61)26-38(40)67-20-12-13-30-14-18-55(19-15-30)68(64,65)27(3)4/h10-11,21-27,30H,8-9,14-20H2,1-7H3,(H2,47,60)(H2,48,61)(H,49,51,62)(H,50,52,63). The minimum Gasteiger partial charge on any atom is -0.494 e. The molecule has 0 radical (unpaired) electrons. The van der Waals surface area contributed by atoms with Gasteiger partial charge in [-0.05, 0) is 90.8 Å². The zero-order valence-corrected chi connectivity index (χ0v) is 39.8. The van der Waals surface area contributed by atoms with Crippen molar-refractivity contribution in [1.82, 2.24) is 43.0 Å². The maximum Gasteiger partial charge on any atom is 0.276 e. The second-order valence-corrected chi connectivity index (χ2v) is 18.9. The van der Waals surface area contributed by atoms with Gasteiger partial charge in [0.25, 0.3) is 11.8 Å². The number of allylic oxidation sites excluding steroid dienone is 2. The Bertz CT molecular complexity index is 3140. The largest absolute Gasteiger partial charge is 0.494 e. The number of aromatic nitrogens is 8. The van der Waals surface area contributed by atoms with Gasteiger partial charge in [0.2, 0.25) is 33.7 Å². The van der Waals surface area contributed by atoms with Crippen molar-refractivity contribution in [3.63, 3.8) is 0 Å². The van der Waals surface area contributed by atoms with Gasteiger partial charge in [-0.1, -0.05) is 24.0 Å². The van der Waals surface area contributed by atoms with Crippen LogP contribution < -0.4 is 31.6 Å². The number of hydrogen-bond acceptors (Lipinski definition) is 12. The molecule has 1 aliphatic heterocycles. The van der Waals surface area contributed by atoms with Crippen LogP contribution in [-0.4, -0.2) is 107 Å². The first-order chi connectivity index (χ1) is 32.4. The van der Waals surface area contributed by atoms with Crippen molar-refractivity contribution in [2.24, 2.45) is 17.4 Å². The molecule has 5 heterocycles. The van der Waals surface area contributed by atoms with Crippen LogP contribution in [0.4, 0.5) is 11.9 Å². The molecule has 358 valence electrons. The van der Waals surface area contributed by atoms with E-state index < -0.39 is 38.9 Å². The summed E-state index contributed by atoms with van der Waals surface area (Å²) in [6, 6.07) is 9.37. The van der Waals surface area contributed by atoms with Gasteiger partial charge in [0.15, 0.2) is 0 Å². The number of anilines is 2. The summed E-state index contributed by atoms with van der Waals surface area (Å²) in [4.78, 5) is 61.9. The second-order valence-electron chi connectivity index (χ2n) is 16.4. The number of amides is 4. The highest BCUT2D eigenvalue weighted by atomic mass is 32.2. The maximum absolute atomic E-state index is 13.9. The molecule has 0 bridgehead atoms. The third kappa shape index (κ3) is 10.1. The number of methoxy groups -OCH3 is 1. The SMILES string of the molecule is CCn1nc(C)cc1C(=O)Nc1nc2cc(C(N)=O)cc(OC)c2n1CC=CCn1c(NC(=O)c2cc(C)nn2CC)nc2cc(C(N)=O)cc(OCC#CC3CCN(S(=O)(=O)C(C)C)CC3)c21. The Balaban J connectivity index is 1.24. The van der Waals surface area contributed by atoms with Crippen molar-refractivity contribution in [2.75, 3.05) is 37.4 Å². The molecule has 1 fully saturated rings. The number of nitrogens with two attached hydrogens (primary N) is 2. The number of carbonyl (C=O) groups is 4. The Morgan fingerprint density at radius 1 is 0.779 bits per heavy atom. The van der Waals surface area contributed by atoms with E-state index >= 15 is 0 Å². The number of fused-ring (bicyclic) bond motifs is 2. The number of primary amides is 2. The summed E-state index contributed by atoms with van der Waals surface area (Å²) in [5.74, 6) is 4.69. The summed E-state index contributed by atoms with van der Waals surface area (Å²) in [6.07, 6.45) is 4.78. The lowest BCUT2D eigenvalue weighted by molar-refractivity contribution is 0.0991. The van der Waals surface area contributed by atoms with Gasteiger partial charge in [-0.2, -0.15) is 10.2 Å². The number of ether oxygens (including phenoxy) is 2. The zero-order chi connectivity index (χ0) is 49.0. The van der Waals surface area contributed by atoms with E-state index in [-0.39, 0.29) is 54.4 Å². The lowest BCUT2D eigenvalue weighted by Gasteiger charge is -2.30. The van der Waals surface area contributed by atoms with Gasteiger partial charge in [-0.25, -0.2) is 22.7 Å². The Kier molecular flexibility index (Phi) is 14.4. The van der Waals surface area contributed by atoms with Gasteiger partial charge in [-0.3, -0.25) is 39.2 Å². The molecule has 22 heteroatoms. The molecule has 0 atom stereocenters. The Labute approximate surface area is 392 Å². The number of nitrogens with one attached hydrogen (secondary N) is 2. The van der Waals surface area contributed by atoms with Gasteiger partial charge in [0, 0.05) is 56.3 Å². The fourth-order valence-corrected chi connectivity index (χ4v) is 9.35. The summed E-state index contributed by atoms with van der Waals surface area (Å²) in [5.41, 5.74) is 15.2. The third-order valence-electron chi connectivity index (χ3n) is 11.5. The molecule has 6 aromatic rings. The van der Waals surface area contributed by atoms with E-state index in [1.165, 1.54) is 35.7 Å². The van der Waals surface area contributed by atoms with Crippen LogP contribution in [0.1, 0.15) is 93.6 Å². The number of nitrogens with zero attached hydrogens (tertiary/aromatic N) is 9. The smallest absolute Gasteiger partial charge is 0.276 e. The minimum absolute atomic E-state index is 0.0393. The summed E-state index contributed by atoms with van der Waals surface area (Å²) in [7, 11) is -1.91. The van der Waals surface area contributed by atoms with Gasteiger partial charge < -0.3 is 30.1 Å². The summed E-state index contributed by atoms with van der Waals surface area (Å²) < 4.78 is 45.4. The van der Waals surface area contributed by atoms with E-state index in [4.69, 9.17) is 25.9 Å². The number of aryl methyl sites for hydroxylation is 4. The topological polar surface area (TPSA) is 272 Å². The first kappa shape index (κ1) is 48.4. The van der Waals surface area contributed by atoms with Crippen molar-refractivity contribution < 1.29 is 37.1 Å². The fourth-order valence-electron chi connectivity index (χ4n) is 8.04. The van der Waals surface area contributed by atoms with Crippen molar-refractivity contribution >= 4 is 67.6 Å². The average Bonchev–Trinajstić information content (AvgIpc) is 4.08. The summed E-state index contributed by atoms with van der Waals surface area (Å²) >= 11 is 0. The van der Waals surface area contributed by atoms with Crippen molar-refractivity contribution in [2.45, 2.75) is 85.8 Å². The van der Waals surface area contributed by atoms with Gasteiger partial charge in [-0.15, -0.1) is 0 Å². The van der Waals surface area contributed by atoms with Gasteiger partial charge >= 0.3 is 0 Å². The molecule has 1 saturated heterocycles.